The highest BCUT2D eigenvalue weighted by Crippen LogP contribution is 2.29. The van der Waals surface area contributed by atoms with Crippen LogP contribution in [0.3, 0.4) is 0 Å². The third-order valence-electron chi connectivity index (χ3n) is 3.21. The summed E-state index contributed by atoms with van der Waals surface area (Å²) in [5.41, 5.74) is 0.725. The number of hydrogen-bond acceptors (Lipinski definition) is 6. The van der Waals surface area contributed by atoms with E-state index in [9.17, 15) is 14.7 Å². The first-order valence-electron chi connectivity index (χ1n) is 6.79. The van der Waals surface area contributed by atoms with Gasteiger partial charge in [-0.1, -0.05) is 23.4 Å². The highest BCUT2D eigenvalue weighted by Gasteiger charge is 2.18. The van der Waals surface area contributed by atoms with Crippen LogP contribution in [0.5, 0.6) is 0 Å². The highest BCUT2D eigenvalue weighted by molar-refractivity contribution is 7.17. The Balaban J connectivity index is 1.59. The molecule has 3 rings (SSSR count). The molecule has 0 radical (unpaired) electrons. The SMILES string of the molecule is O=C(NCC(O)c1csc2ccccc12)C(=O)Nc1ccon1. The lowest BCUT2D eigenvalue weighted by molar-refractivity contribution is -0.136. The maximum atomic E-state index is 11.7. The summed E-state index contributed by atoms with van der Waals surface area (Å²) in [6, 6.07) is 9.08. The van der Waals surface area contributed by atoms with E-state index in [1.165, 1.54) is 23.7 Å². The molecule has 8 heteroatoms. The van der Waals surface area contributed by atoms with Crippen LogP contribution in [0, 0.1) is 0 Å². The van der Waals surface area contributed by atoms with Crippen LogP contribution in [0.1, 0.15) is 11.7 Å². The molecule has 2 aromatic heterocycles. The first-order chi connectivity index (χ1) is 11.1. The molecule has 0 saturated carbocycles. The van der Waals surface area contributed by atoms with E-state index in [0.717, 1.165) is 15.6 Å². The van der Waals surface area contributed by atoms with Gasteiger partial charge >= 0.3 is 11.8 Å². The molecule has 0 aliphatic heterocycles. The molecule has 2 heterocycles. The summed E-state index contributed by atoms with van der Waals surface area (Å²) < 4.78 is 5.60. The Morgan fingerprint density at radius 3 is 2.87 bits per heavy atom. The largest absolute Gasteiger partial charge is 0.387 e. The highest BCUT2D eigenvalue weighted by atomic mass is 32.1. The van der Waals surface area contributed by atoms with Crippen molar-refractivity contribution in [1.29, 1.82) is 0 Å². The van der Waals surface area contributed by atoms with Crippen molar-refractivity contribution in [2.75, 3.05) is 11.9 Å². The number of aliphatic hydroxyl groups excluding tert-OH is 1. The number of amides is 2. The van der Waals surface area contributed by atoms with Gasteiger partial charge in [0.25, 0.3) is 0 Å². The zero-order valence-electron chi connectivity index (χ0n) is 11.9. The third kappa shape index (κ3) is 3.38. The molecule has 1 aromatic carbocycles. The van der Waals surface area contributed by atoms with Gasteiger partial charge in [-0.05, 0) is 16.8 Å². The number of rotatable bonds is 4. The van der Waals surface area contributed by atoms with Gasteiger partial charge < -0.3 is 14.9 Å². The number of fused-ring (bicyclic) bond motifs is 1. The summed E-state index contributed by atoms with van der Waals surface area (Å²) in [5.74, 6) is -1.58. The molecule has 23 heavy (non-hydrogen) atoms. The fraction of sp³-hybridized carbons (Fsp3) is 0.133. The number of anilines is 1. The summed E-state index contributed by atoms with van der Waals surface area (Å²) in [6.07, 6.45) is 0.383. The molecular weight excluding hydrogens is 318 g/mol. The molecule has 0 saturated heterocycles. The van der Waals surface area contributed by atoms with Crippen LogP contribution in [0.15, 0.2) is 46.5 Å². The van der Waals surface area contributed by atoms with Gasteiger partial charge in [-0.3, -0.25) is 14.9 Å². The van der Waals surface area contributed by atoms with Crippen LogP contribution < -0.4 is 10.6 Å². The van der Waals surface area contributed by atoms with Crippen molar-refractivity contribution in [2.45, 2.75) is 6.10 Å². The Labute approximate surface area is 134 Å². The number of hydrogen-bond donors (Lipinski definition) is 3. The van der Waals surface area contributed by atoms with Crippen molar-refractivity contribution in [1.82, 2.24) is 10.5 Å². The Bertz CT molecular complexity index is 828. The lowest BCUT2D eigenvalue weighted by Crippen LogP contribution is -2.37. The number of thiophene rings is 1. The smallest absolute Gasteiger partial charge is 0.314 e. The summed E-state index contributed by atoms with van der Waals surface area (Å²) in [6.45, 7) is -0.0637. The van der Waals surface area contributed by atoms with E-state index in [-0.39, 0.29) is 12.4 Å². The minimum Gasteiger partial charge on any atom is -0.387 e. The van der Waals surface area contributed by atoms with Crippen LogP contribution >= 0.6 is 11.3 Å². The number of carbonyl (C=O) groups excluding carboxylic acids is 2. The molecule has 1 unspecified atom stereocenters. The van der Waals surface area contributed by atoms with Gasteiger partial charge in [0.15, 0.2) is 5.82 Å². The second kappa shape index (κ2) is 6.59. The van der Waals surface area contributed by atoms with Crippen molar-refractivity contribution < 1.29 is 19.2 Å². The Morgan fingerprint density at radius 2 is 2.09 bits per heavy atom. The summed E-state index contributed by atoms with van der Waals surface area (Å²) >= 11 is 1.51. The fourth-order valence-corrected chi connectivity index (χ4v) is 3.09. The van der Waals surface area contributed by atoms with E-state index in [2.05, 4.69) is 20.3 Å². The van der Waals surface area contributed by atoms with Crippen molar-refractivity contribution in [3.63, 3.8) is 0 Å². The van der Waals surface area contributed by atoms with E-state index in [0.29, 0.717) is 0 Å². The predicted octanol–water partition coefficient (Wildman–Crippen LogP) is 1.68. The minimum atomic E-state index is -0.894. The van der Waals surface area contributed by atoms with Crippen LogP contribution in [-0.4, -0.2) is 28.6 Å². The number of aromatic nitrogens is 1. The van der Waals surface area contributed by atoms with Gasteiger partial charge in [-0.2, -0.15) is 0 Å². The maximum absolute atomic E-state index is 11.7. The first kappa shape index (κ1) is 15.2. The number of aliphatic hydroxyl groups is 1. The Morgan fingerprint density at radius 1 is 1.26 bits per heavy atom. The van der Waals surface area contributed by atoms with Gasteiger partial charge in [0.05, 0.1) is 6.10 Å². The zero-order valence-corrected chi connectivity index (χ0v) is 12.7. The lowest BCUT2D eigenvalue weighted by Gasteiger charge is -2.11. The number of nitrogens with zero attached hydrogens (tertiary/aromatic N) is 1. The molecule has 1 atom stereocenters. The molecule has 7 nitrogen and oxygen atoms in total. The molecule has 0 bridgehead atoms. The Hall–Kier alpha value is -2.71. The second-order valence-corrected chi connectivity index (χ2v) is 5.66. The van der Waals surface area contributed by atoms with Gasteiger partial charge in [-0.15, -0.1) is 11.3 Å². The average Bonchev–Trinajstić information content (AvgIpc) is 3.21. The lowest BCUT2D eigenvalue weighted by atomic mass is 10.1. The van der Waals surface area contributed by atoms with Gasteiger partial charge in [0.1, 0.15) is 6.26 Å². The van der Waals surface area contributed by atoms with Crippen LogP contribution in [0.4, 0.5) is 5.82 Å². The molecule has 0 fully saturated rings. The van der Waals surface area contributed by atoms with Crippen LogP contribution in [0.2, 0.25) is 0 Å². The Kier molecular flexibility index (Phi) is 4.35. The molecule has 118 valence electrons. The molecule has 0 aliphatic carbocycles. The van der Waals surface area contributed by atoms with E-state index < -0.39 is 17.9 Å². The van der Waals surface area contributed by atoms with Gasteiger partial charge in [0.2, 0.25) is 0 Å². The second-order valence-electron chi connectivity index (χ2n) is 4.75. The molecule has 2 amide bonds. The average molecular weight is 331 g/mol. The van der Waals surface area contributed by atoms with Crippen molar-refractivity contribution in [2.24, 2.45) is 0 Å². The van der Waals surface area contributed by atoms with Crippen molar-refractivity contribution in [3.8, 4) is 0 Å². The van der Waals surface area contributed by atoms with Crippen LogP contribution in [-0.2, 0) is 9.59 Å². The molecule has 0 spiro atoms. The molecule has 0 aliphatic rings. The topological polar surface area (TPSA) is 104 Å². The van der Waals surface area contributed by atoms with E-state index in [1.54, 1.807) is 0 Å². The summed E-state index contributed by atoms with van der Waals surface area (Å²) in [5, 5.41) is 21.1. The number of benzene rings is 1. The monoisotopic (exact) mass is 331 g/mol. The zero-order chi connectivity index (χ0) is 16.2. The number of nitrogens with one attached hydrogen (secondary N) is 2. The summed E-state index contributed by atoms with van der Waals surface area (Å²) in [4.78, 5) is 23.4. The quantitative estimate of drug-likeness (QED) is 0.631. The van der Waals surface area contributed by atoms with E-state index >= 15 is 0 Å². The normalized spacial score (nSPS) is 12.0. The molecular formula is C15H13N3O4S. The molecule has 3 aromatic rings. The number of carbonyl (C=O) groups is 2. The van der Waals surface area contributed by atoms with Gasteiger partial charge in [-0.25, -0.2) is 0 Å². The fourth-order valence-electron chi connectivity index (χ4n) is 2.09. The summed E-state index contributed by atoms with van der Waals surface area (Å²) in [7, 11) is 0. The van der Waals surface area contributed by atoms with Crippen molar-refractivity contribution in [3.05, 3.63) is 47.5 Å². The minimum absolute atomic E-state index is 0.0637. The van der Waals surface area contributed by atoms with Crippen molar-refractivity contribution >= 4 is 39.1 Å². The predicted molar refractivity (Wildman–Crippen MR) is 84.9 cm³/mol. The van der Waals surface area contributed by atoms with E-state index in [1.807, 2.05) is 29.6 Å². The first-order valence-corrected chi connectivity index (χ1v) is 7.67. The van der Waals surface area contributed by atoms with Gasteiger partial charge in [0, 0.05) is 22.9 Å². The maximum Gasteiger partial charge on any atom is 0.314 e. The van der Waals surface area contributed by atoms with E-state index in [4.69, 9.17) is 0 Å². The van der Waals surface area contributed by atoms with Crippen LogP contribution in [0.25, 0.3) is 10.1 Å². The molecule has 3 N–H and O–H groups in total. The standard InChI is InChI=1S/C15H13N3O4S/c19-11(10-8-23-12-4-2-1-3-9(10)12)7-16-14(20)15(21)17-13-5-6-22-18-13/h1-6,8,11,19H,7H2,(H,16,20)(H,17,18,21). The third-order valence-corrected chi connectivity index (χ3v) is 4.19.